The van der Waals surface area contributed by atoms with E-state index in [0.717, 1.165) is 67.3 Å². The number of hydrogen-bond donors (Lipinski definition) is 0. The molecular weight excluding hydrogens is 490 g/mol. The Hall–Kier alpha value is -5.55. The number of fused-ring (bicyclic) bond motifs is 1. The molecule has 40 heavy (non-hydrogen) atoms. The van der Waals surface area contributed by atoms with Gasteiger partial charge < -0.3 is 0 Å². The normalized spacial score (nSPS) is 11.0. The first-order valence-electron chi connectivity index (χ1n) is 13.1. The number of aromatic nitrogens is 5. The summed E-state index contributed by atoms with van der Waals surface area (Å²) >= 11 is 0. The molecular formula is C35H23N5. The summed E-state index contributed by atoms with van der Waals surface area (Å²) < 4.78 is 0. The van der Waals surface area contributed by atoms with E-state index in [-0.39, 0.29) is 0 Å². The van der Waals surface area contributed by atoms with Gasteiger partial charge in [-0.15, -0.1) is 0 Å². The molecule has 0 aliphatic heterocycles. The fourth-order valence-electron chi connectivity index (χ4n) is 4.85. The molecule has 4 heterocycles. The van der Waals surface area contributed by atoms with E-state index >= 15 is 0 Å². The largest absolute Gasteiger partial charge is 0.264 e. The summed E-state index contributed by atoms with van der Waals surface area (Å²) in [5.41, 5.74) is 10.6. The lowest BCUT2D eigenvalue weighted by Crippen LogP contribution is -2.02. The van der Waals surface area contributed by atoms with Crippen molar-refractivity contribution in [1.29, 1.82) is 0 Å². The second-order valence-electron chi connectivity index (χ2n) is 9.41. The number of benzene rings is 3. The van der Waals surface area contributed by atoms with Crippen LogP contribution in [0.1, 0.15) is 0 Å². The van der Waals surface area contributed by atoms with E-state index in [1.54, 1.807) is 12.4 Å². The standard InChI is InChI=1S/C35H23N5/c1-3-9-25(10-4-1)32-33(26-11-5-2-6-12-26)40-35(31-20-19-29-30(38-31)14-8-22-37-29)34(39-32)27-17-15-24(16-18-27)28-13-7-21-36-23-28/h1-23H. The van der Waals surface area contributed by atoms with Gasteiger partial charge in [0, 0.05) is 35.3 Å². The molecule has 0 aliphatic carbocycles. The minimum Gasteiger partial charge on any atom is -0.264 e. The van der Waals surface area contributed by atoms with Gasteiger partial charge in [0.25, 0.3) is 0 Å². The second kappa shape index (κ2) is 10.3. The van der Waals surface area contributed by atoms with E-state index in [1.165, 1.54) is 0 Å². The Balaban J connectivity index is 1.48. The quantitative estimate of drug-likeness (QED) is 0.232. The molecule has 4 aromatic heterocycles. The maximum absolute atomic E-state index is 5.32. The fraction of sp³-hybridized carbons (Fsp3) is 0. The van der Waals surface area contributed by atoms with Crippen molar-refractivity contribution in [3.05, 3.63) is 140 Å². The van der Waals surface area contributed by atoms with Gasteiger partial charge >= 0.3 is 0 Å². The Morgan fingerprint density at radius 3 is 1.60 bits per heavy atom. The minimum atomic E-state index is 0.721. The molecule has 7 rings (SSSR count). The van der Waals surface area contributed by atoms with Crippen LogP contribution in [-0.2, 0) is 0 Å². The second-order valence-corrected chi connectivity index (χ2v) is 9.41. The van der Waals surface area contributed by atoms with Gasteiger partial charge in [-0.3, -0.25) is 9.97 Å². The summed E-state index contributed by atoms with van der Waals surface area (Å²) in [5.74, 6) is 0. The van der Waals surface area contributed by atoms with E-state index in [4.69, 9.17) is 15.0 Å². The van der Waals surface area contributed by atoms with Crippen LogP contribution >= 0.6 is 0 Å². The Bertz CT molecular complexity index is 1920. The van der Waals surface area contributed by atoms with Crippen LogP contribution in [0.5, 0.6) is 0 Å². The Morgan fingerprint density at radius 2 is 0.925 bits per heavy atom. The molecule has 0 bridgehead atoms. The van der Waals surface area contributed by atoms with Crippen LogP contribution in [0.3, 0.4) is 0 Å². The third kappa shape index (κ3) is 4.50. The summed E-state index contributed by atoms with van der Waals surface area (Å²) in [7, 11) is 0. The van der Waals surface area contributed by atoms with Crippen LogP contribution in [-0.4, -0.2) is 24.9 Å². The molecule has 188 valence electrons. The molecule has 5 heteroatoms. The van der Waals surface area contributed by atoms with Crippen LogP contribution < -0.4 is 0 Å². The van der Waals surface area contributed by atoms with Crippen molar-refractivity contribution in [2.24, 2.45) is 0 Å². The maximum atomic E-state index is 5.32. The fourth-order valence-corrected chi connectivity index (χ4v) is 4.85. The monoisotopic (exact) mass is 513 g/mol. The average molecular weight is 514 g/mol. The van der Waals surface area contributed by atoms with Crippen LogP contribution in [0.2, 0.25) is 0 Å². The van der Waals surface area contributed by atoms with Gasteiger partial charge in [-0.2, -0.15) is 0 Å². The van der Waals surface area contributed by atoms with Gasteiger partial charge in [-0.25, -0.2) is 15.0 Å². The predicted molar refractivity (Wildman–Crippen MR) is 160 cm³/mol. The van der Waals surface area contributed by atoms with E-state index in [2.05, 4.69) is 64.6 Å². The minimum absolute atomic E-state index is 0.721. The van der Waals surface area contributed by atoms with Crippen molar-refractivity contribution in [3.63, 3.8) is 0 Å². The van der Waals surface area contributed by atoms with Crippen molar-refractivity contribution in [1.82, 2.24) is 24.9 Å². The van der Waals surface area contributed by atoms with Gasteiger partial charge in [0.2, 0.25) is 0 Å². The maximum Gasteiger partial charge on any atom is 0.116 e. The zero-order valence-corrected chi connectivity index (χ0v) is 21.5. The van der Waals surface area contributed by atoms with E-state index in [0.29, 0.717) is 0 Å². The smallest absolute Gasteiger partial charge is 0.116 e. The molecule has 0 N–H and O–H groups in total. The van der Waals surface area contributed by atoms with Gasteiger partial charge in [0.15, 0.2) is 0 Å². The van der Waals surface area contributed by atoms with E-state index in [1.807, 2.05) is 72.9 Å². The van der Waals surface area contributed by atoms with Gasteiger partial charge in [-0.05, 0) is 41.5 Å². The predicted octanol–water partition coefficient (Wildman–Crippen LogP) is 8.15. The summed E-state index contributed by atoms with van der Waals surface area (Å²) in [4.78, 5) is 24.3. The first kappa shape index (κ1) is 23.6. The van der Waals surface area contributed by atoms with Crippen molar-refractivity contribution in [3.8, 4) is 56.3 Å². The zero-order valence-electron chi connectivity index (χ0n) is 21.5. The SMILES string of the molecule is c1ccc(-c2nc(-c3ccc(-c4cccnc4)cc3)c(-c3ccc4ncccc4n3)nc2-c2ccccc2)cc1. The highest BCUT2D eigenvalue weighted by Crippen LogP contribution is 2.37. The topological polar surface area (TPSA) is 64.5 Å². The Morgan fingerprint density at radius 1 is 0.350 bits per heavy atom. The molecule has 0 radical (unpaired) electrons. The average Bonchev–Trinajstić information content (AvgIpc) is 3.05. The molecule has 5 nitrogen and oxygen atoms in total. The van der Waals surface area contributed by atoms with Crippen molar-refractivity contribution in [2.75, 3.05) is 0 Å². The van der Waals surface area contributed by atoms with E-state index < -0.39 is 0 Å². The summed E-state index contributed by atoms with van der Waals surface area (Å²) in [5, 5.41) is 0. The third-order valence-electron chi connectivity index (χ3n) is 6.84. The molecule has 0 saturated carbocycles. The Labute approximate surface area is 231 Å². The van der Waals surface area contributed by atoms with Crippen molar-refractivity contribution >= 4 is 11.0 Å². The number of nitrogens with zero attached hydrogens (tertiary/aromatic N) is 5. The van der Waals surface area contributed by atoms with Crippen molar-refractivity contribution in [2.45, 2.75) is 0 Å². The lowest BCUT2D eigenvalue weighted by Gasteiger charge is -2.16. The van der Waals surface area contributed by atoms with Crippen molar-refractivity contribution < 1.29 is 0 Å². The highest BCUT2D eigenvalue weighted by molar-refractivity contribution is 5.87. The van der Waals surface area contributed by atoms with Gasteiger partial charge in [0.1, 0.15) is 5.69 Å². The molecule has 0 atom stereocenters. The highest BCUT2D eigenvalue weighted by atomic mass is 14.9. The lowest BCUT2D eigenvalue weighted by molar-refractivity contribution is 1.19. The zero-order chi connectivity index (χ0) is 26.7. The number of pyridine rings is 3. The van der Waals surface area contributed by atoms with Gasteiger partial charge in [-0.1, -0.05) is 91.0 Å². The highest BCUT2D eigenvalue weighted by Gasteiger charge is 2.20. The molecule has 0 amide bonds. The molecule has 0 spiro atoms. The van der Waals surface area contributed by atoms with Gasteiger partial charge in [0.05, 0.1) is 33.8 Å². The van der Waals surface area contributed by atoms with E-state index in [9.17, 15) is 0 Å². The van der Waals surface area contributed by atoms with Crippen LogP contribution in [0, 0.1) is 0 Å². The molecule has 0 aliphatic rings. The van der Waals surface area contributed by atoms with Crippen LogP contribution in [0.15, 0.2) is 140 Å². The molecule has 0 saturated heterocycles. The summed E-state index contributed by atoms with van der Waals surface area (Å²) in [6, 6.07) is 40.6. The molecule has 7 aromatic rings. The summed E-state index contributed by atoms with van der Waals surface area (Å²) in [6.07, 6.45) is 5.43. The first-order chi connectivity index (χ1) is 19.8. The molecule has 0 fully saturated rings. The molecule has 3 aromatic carbocycles. The first-order valence-corrected chi connectivity index (χ1v) is 13.1. The molecule has 0 unspecified atom stereocenters. The lowest BCUT2D eigenvalue weighted by atomic mass is 9.99. The number of rotatable bonds is 5. The summed E-state index contributed by atoms with van der Waals surface area (Å²) in [6.45, 7) is 0. The Kier molecular flexibility index (Phi) is 6.07. The van der Waals surface area contributed by atoms with Crippen LogP contribution in [0.25, 0.3) is 67.3 Å². The van der Waals surface area contributed by atoms with Crippen LogP contribution in [0.4, 0.5) is 0 Å². The third-order valence-corrected chi connectivity index (χ3v) is 6.84. The number of hydrogen-bond acceptors (Lipinski definition) is 5.